The standard InChI is InChI=1S/C20H18N4O2S/c1-14-7-3-4-8-15(14)13-27-20-22-21-18-19(25)23(11-12-24(18)20)16-9-5-6-10-17(16)26-2/h3-12H,13H2,1-2H3. The zero-order valence-electron chi connectivity index (χ0n) is 15.0. The molecule has 0 radical (unpaired) electrons. The lowest BCUT2D eigenvalue weighted by Gasteiger charge is -2.10. The van der Waals surface area contributed by atoms with Gasteiger partial charge in [-0.15, -0.1) is 10.2 Å². The summed E-state index contributed by atoms with van der Waals surface area (Å²) in [6.07, 6.45) is 3.53. The highest BCUT2D eigenvalue weighted by atomic mass is 32.2. The highest BCUT2D eigenvalue weighted by Crippen LogP contribution is 2.24. The van der Waals surface area contributed by atoms with Gasteiger partial charge in [0.05, 0.1) is 12.8 Å². The lowest BCUT2D eigenvalue weighted by atomic mass is 10.1. The molecule has 2 aromatic heterocycles. The number of nitrogens with zero attached hydrogens (tertiary/aromatic N) is 4. The van der Waals surface area contributed by atoms with Crippen LogP contribution in [-0.4, -0.2) is 26.3 Å². The third-order valence-electron chi connectivity index (χ3n) is 4.40. The maximum absolute atomic E-state index is 12.9. The molecule has 2 heterocycles. The van der Waals surface area contributed by atoms with Crippen LogP contribution in [0.3, 0.4) is 0 Å². The van der Waals surface area contributed by atoms with Gasteiger partial charge in [0, 0.05) is 18.1 Å². The summed E-state index contributed by atoms with van der Waals surface area (Å²) in [5.41, 5.74) is 3.19. The number of benzene rings is 2. The van der Waals surface area contributed by atoms with Gasteiger partial charge in [-0.2, -0.15) is 0 Å². The van der Waals surface area contributed by atoms with E-state index in [1.165, 1.54) is 15.7 Å². The summed E-state index contributed by atoms with van der Waals surface area (Å²) in [5, 5.41) is 9.01. The lowest BCUT2D eigenvalue weighted by molar-refractivity contribution is 0.412. The predicted molar refractivity (Wildman–Crippen MR) is 106 cm³/mol. The molecule has 0 N–H and O–H groups in total. The van der Waals surface area contributed by atoms with Crippen molar-refractivity contribution in [3.63, 3.8) is 0 Å². The molecule has 27 heavy (non-hydrogen) atoms. The minimum absolute atomic E-state index is 0.239. The van der Waals surface area contributed by atoms with E-state index in [4.69, 9.17) is 4.74 Å². The molecule has 0 spiro atoms. The van der Waals surface area contributed by atoms with Crippen molar-refractivity contribution in [1.82, 2.24) is 19.2 Å². The van der Waals surface area contributed by atoms with Crippen LogP contribution in [0.2, 0.25) is 0 Å². The molecule has 0 fully saturated rings. The molecule has 0 saturated carbocycles. The first-order valence-electron chi connectivity index (χ1n) is 8.46. The fourth-order valence-corrected chi connectivity index (χ4v) is 3.89. The van der Waals surface area contributed by atoms with Gasteiger partial charge in [-0.1, -0.05) is 48.2 Å². The molecule has 0 aliphatic rings. The van der Waals surface area contributed by atoms with E-state index in [-0.39, 0.29) is 11.2 Å². The molecule has 2 aromatic carbocycles. The first-order valence-corrected chi connectivity index (χ1v) is 9.44. The third kappa shape index (κ3) is 3.21. The van der Waals surface area contributed by atoms with Crippen LogP contribution in [0.1, 0.15) is 11.1 Å². The monoisotopic (exact) mass is 378 g/mol. The van der Waals surface area contributed by atoms with Crippen molar-refractivity contribution in [2.24, 2.45) is 0 Å². The Bertz CT molecular complexity index is 1170. The zero-order chi connectivity index (χ0) is 18.8. The number of rotatable bonds is 5. The van der Waals surface area contributed by atoms with Gasteiger partial charge >= 0.3 is 5.56 Å². The molecule has 136 valence electrons. The van der Waals surface area contributed by atoms with Crippen molar-refractivity contribution >= 4 is 17.4 Å². The Balaban J connectivity index is 1.70. The zero-order valence-corrected chi connectivity index (χ0v) is 15.8. The van der Waals surface area contributed by atoms with Crippen molar-refractivity contribution in [3.8, 4) is 11.4 Å². The molecule has 4 aromatic rings. The smallest absolute Gasteiger partial charge is 0.300 e. The molecule has 0 aliphatic carbocycles. The summed E-state index contributed by atoms with van der Waals surface area (Å²) in [4.78, 5) is 12.9. The molecular weight excluding hydrogens is 360 g/mol. The lowest BCUT2D eigenvalue weighted by Crippen LogP contribution is -2.20. The Morgan fingerprint density at radius 1 is 1.04 bits per heavy atom. The second-order valence-corrected chi connectivity index (χ2v) is 6.98. The second-order valence-electron chi connectivity index (χ2n) is 6.04. The number of methoxy groups -OCH3 is 1. The van der Waals surface area contributed by atoms with E-state index in [0.717, 1.165) is 5.75 Å². The largest absolute Gasteiger partial charge is 0.495 e. The van der Waals surface area contributed by atoms with E-state index in [1.54, 1.807) is 29.5 Å². The third-order valence-corrected chi connectivity index (χ3v) is 5.39. The van der Waals surface area contributed by atoms with Gasteiger partial charge in [-0.05, 0) is 30.2 Å². The molecule has 0 amide bonds. The van der Waals surface area contributed by atoms with Crippen LogP contribution >= 0.6 is 11.8 Å². The number of hydrogen-bond donors (Lipinski definition) is 0. The number of aryl methyl sites for hydroxylation is 1. The second kappa shape index (κ2) is 7.28. The fourth-order valence-electron chi connectivity index (χ4n) is 2.90. The van der Waals surface area contributed by atoms with Gasteiger partial charge < -0.3 is 4.74 Å². The van der Waals surface area contributed by atoms with Crippen LogP contribution in [0.5, 0.6) is 5.75 Å². The van der Waals surface area contributed by atoms with E-state index >= 15 is 0 Å². The number of fused-ring (bicyclic) bond motifs is 1. The summed E-state index contributed by atoms with van der Waals surface area (Å²) in [6, 6.07) is 15.6. The quantitative estimate of drug-likeness (QED) is 0.498. The SMILES string of the molecule is COc1ccccc1-n1ccn2c(SCc3ccccc3C)nnc2c1=O. The van der Waals surface area contributed by atoms with Crippen LogP contribution in [0, 0.1) is 6.92 Å². The molecule has 6 nitrogen and oxygen atoms in total. The maximum atomic E-state index is 12.9. The average molecular weight is 378 g/mol. The van der Waals surface area contributed by atoms with E-state index in [2.05, 4.69) is 29.3 Å². The summed E-state index contributed by atoms with van der Waals surface area (Å²) in [7, 11) is 1.58. The van der Waals surface area contributed by atoms with Crippen molar-refractivity contribution in [3.05, 3.63) is 82.4 Å². The van der Waals surface area contributed by atoms with Crippen LogP contribution in [0.15, 0.2) is 70.9 Å². The predicted octanol–water partition coefficient (Wildman–Crippen LogP) is 3.49. The molecule has 0 saturated heterocycles. The topological polar surface area (TPSA) is 61.4 Å². The van der Waals surface area contributed by atoms with Crippen molar-refractivity contribution in [2.45, 2.75) is 17.8 Å². The minimum atomic E-state index is -0.239. The van der Waals surface area contributed by atoms with E-state index < -0.39 is 0 Å². The summed E-state index contributed by atoms with van der Waals surface area (Å²) in [6.45, 7) is 2.09. The summed E-state index contributed by atoms with van der Waals surface area (Å²) in [5.74, 6) is 1.39. The van der Waals surface area contributed by atoms with Crippen molar-refractivity contribution in [1.29, 1.82) is 0 Å². The molecule has 0 aliphatic heterocycles. The molecule has 0 unspecified atom stereocenters. The molecular formula is C20H18N4O2S. The molecule has 4 rings (SSSR count). The highest BCUT2D eigenvalue weighted by molar-refractivity contribution is 7.98. The summed E-state index contributed by atoms with van der Waals surface area (Å²) < 4.78 is 8.62. The van der Waals surface area contributed by atoms with Crippen molar-refractivity contribution in [2.75, 3.05) is 7.11 Å². The Morgan fingerprint density at radius 2 is 1.81 bits per heavy atom. The minimum Gasteiger partial charge on any atom is -0.495 e. The van der Waals surface area contributed by atoms with Crippen LogP contribution in [-0.2, 0) is 5.75 Å². The van der Waals surface area contributed by atoms with Gasteiger partial charge in [0.15, 0.2) is 5.16 Å². The Labute approximate surface area is 160 Å². The maximum Gasteiger partial charge on any atom is 0.300 e. The first-order chi connectivity index (χ1) is 13.2. The van der Waals surface area contributed by atoms with Gasteiger partial charge in [0.2, 0.25) is 5.65 Å². The Morgan fingerprint density at radius 3 is 2.63 bits per heavy atom. The Hall–Kier alpha value is -3.06. The van der Waals surface area contributed by atoms with E-state index in [9.17, 15) is 4.79 Å². The van der Waals surface area contributed by atoms with E-state index in [0.29, 0.717) is 16.6 Å². The van der Waals surface area contributed by atoms with Gasteiger partial charge in [0.1, 0.15) is 5.75 Å². The molecule has 0 atom stereocenters. The molecule has 7 heteroatoms. The number of hydrogen-bond acceptors (Lipinski definition) is 5. The van der Waals surface area contributed by atoms with Crippen LogP contribution in [0.4, 0.5) is 0 Å². The van der Waals surface area contributed by atoms with Gasteiger partial charge in [0.25, 0.3) is 0 Å². The van der Waals surface area contributed by atoms with Gasteiger partial charge in [-0.3, -0.25) is 13.8 Å². The number of ether oxygens (including phenoxy) is 1. The van der Waals surface area contributed by atoms with E-state index in [1.807, 2.05) is 42.6 Å². The number of para-hydroxylation sites is 2. The van der Waals surface area contributed by atoms with Crippen LogP contribution in [0.25, 0.3) is 11.3 Å². The molecule has 0 bridgehead atoms. The number of thioether (sulfide) groups is 1. The van der Waals surface area contributed by atoms with Crippen LogP contribution < -0.4 is 10.3 Å². The number of aromatic nitrogens is 4. The average Bonchev–Trinajstić information content (AvgIpc) is 3.12. The van der Waals surface area contributed by atoms with Gasteiger partial charge in [-0.25, -0.2) is 0 Å². The van der Waals surface area contributed by atoms with Crippen molar-refractivity contribution < 1.29 is 4.74 Å². The fraction of sp³-hybridized carbons (Fsp3) is 0.150. The highest BCUT2D eigenvalue weighted by Gasteiger charge is 2.14. The summed E-state index contributed by atoms with van der Waals surface area (Å²) >= 11 is 1.56. The Kier molecular flexibility index (Phi) is 4.68. The normalized spacial score (nSPS) is 11.0. The first kappa shape index (κ1) is 17.4.